The summed E-state index contributed by atoms with van der Waals surface area (Å²) in [5, 5.41) is 4.14. The number of amides is 1. The molecule has 1 fully saturated rings. The van der Waals surface area contributed by atoms with Crippen molar-refractivity contribution >= 4 is 16.8 Å². The third kappa shape index (κ3) is 2.36. The number of aromatic nitrogens is 1. The van der Waals surface area contributed by atoms with Crippen molar-refractivity contribution in [2.75, 3.05) is 7.11 Å². The van der Waals surface area contributed by atoms with Gasteiger partial charge in [-0.05, 0) is 43.5 Å². The first-order valence-electron chi connectivity index (χ1n) is 6.69. The molecular weight excluding hydrogens is 240 g/mol. The lowest BCUT2D eigenvalue weighted by molar-refractivity contribution is 0.0722. The van der Waals surface area contributed by atoms with Crippen molar-refractivity contribution in [2.24, 2.45) is 0 Å². The van der Waals surface area contributed by atoms with Crippen LogP contribution in [-0.4, -0.2) is 30.1 Å². The van der Waals surface area contributed by atoms with E-state index in [0.29, 0.717) is 5.56 Å². The van der Waals surface area contributed by atoms with E-state index in [1.165, 1.54) is 0 Å². The van der Waals surface area contributed by atoms with E-state index in [1.54, 1.807) is 7.11 Å². The Morgan fingerprint density at radius 1 is 1.37 bits per heavy atom. The van der Waals surface area contributed by atoms with Gasteiger partial charge in [-0.25, -0.2) is 0 Å². The maximum absolute atomic E-state index is 12.3. The Labute approximate surface area is 112 Å². The van der Waals surface area contributed by atoms with Crippen LogP contribution >= 0.6 is 0 Å². The normalized spacial score (nSPS) is 22.8. The molecule has 1 aromatic carbocycles. The first kappa shape index (κ1) is 12.2. The summed E-state index contributed by atoms with van der Waals surface area (Å²) in [4.78, 5) is 15.4. The number of carbonyl (C=O) groups is 1. The van der Waals surface area contributed by atoms with Crippen LogP contribution < -0.4 is 5.32 Å². The minimum atomic E-state index is -0.0166. The maximum Gasteiger partial charge on any atom is 0.251 e. The number of benzene rings is 1. The fourth-order valence-corrected chi connectivity index (χ4v) is 2.82. The van der Waals surface area contributed by atoms with Crippen LogP contribution in [0, 0.1) is 0 Å². The molecule has 3 rings (SSSR count). The lowest BCUT2D eigenvalue weighted by Crippen LogP contribution is -2.40. The van der Waals surface area contributed by atoms with Gasteiger partial charge in [-0.15, -0.1) is 0 Å². The fraction of sp³-hybridized carbons (Fsp3) is 0.400. The lowest BCUT2D eigenvalue weighted by Gasteiger charge is -2.19. The van der Waals surface area contributed by atoms with Crippen LogP contribution in [0.25, 0.3) is 10.9 Å². The molecule has 2 unspecified atom stereocenters. The standard InChI is InChI=1S/C15H18N2O2/c1-19-14-4-2-3-13(14)17-15(18)11-5-6-12-10(9-11)7-8-16-12/h5-9,13-14,16H,2-4H2,1H3,(H,17,18). The first-order chi connectivity index (χ1) is 9.28. The number of fused-ring (bicyclic) bond motifs is 1. The van der Waals surface area contributed by atoms with Gasteiger partial charge in [0.2, 0.25) is 0 Å². The van der Waals surface area contributed by atoms with E-state index < -0.39 is 0 Å². The highest BCUT2D eigenvalue weighted by atomic mass is 16.5. The highest BCUT2D eigenvalue weighted by Crippen LogP contribution is 2.22. The van der Waals surface area contributed by atoms with Gasteiger partial charge in [-0.1, -0.05) is 0 Å². The van der Waals surface area contributed by atoms with E-state index in [-0.39, 0.29) is 18.1 Å². The van der Waals surface area contributed by atoms with Crippen LogP contribution in [0.15, 0.2) is 30.5 Å². The Kier molecular flexibility index (Phi) is 3.25. The fourth-order valence-electron chi connectivity index (χ4n) is 2.82. The summed E-state index contributed by atoms with van der Waals surface area (Å²) in [6, 6.07) is 7.81. The van der Waals surface area contributed by atoms with Crippen molar-refractivity contribution in [3.63, 3.8) is 0 Å². The van der Waals surface area contributed by atoms with E-state index in [2.05, 4.69) is 10.3 Å². The van der Waals surface area contributed by atoms with Crippen LogP contribution in [0.2, 0.25) is 0 Å². The van der Waals surface area contributed by atoms with Gasteiger partial charge in [-0.2, -0.15) is 0 Å². The van der Waals surface area contributed by atoms with Crippen LogP contribution in [0.3, 0.4) is 0 Å². The van der Waals surface area contributed by atoms with Crippen LogP contribution in [0.1, 0.15) is 29.6 Å². The molecule has 19 heavy (non-hydrogen) atoms. The van der Waals surface area contributed by atoms with E-state index in [4.69, 9.17) is 4.74 Å². The van der Waals surface area contributed by atoms with Crippen molar-refractivity contribution in [1.82, 2.24) is 10.3 Å². The molecule has 1 aliphatic rings. The number of aromatic amines is 1. The van der Waals surface area contributed by atoms with Gasteiger partial charge < -0.3 is 15.0 Å². The summed E-state index contributed by atoms with van der Waals surface area (Å²) < 4.78 is 5.40. The number of carbonyl (C=O) groups excluding carboxylic acids is 1. The minimum absolute atomic E-state index is 0.0166. The number of hydrogen-bond acceptors (Lipinski definition) is 2. The molecular formula is C15H18N2O2. The average molecular weight is 258 g/mol. The number of methoxy groups -OCH3 is 1. The van der Waals surface area contributed by atoms with Crippen molar-refractivity contribution < 1.29 is 9.53 Å². The van der Waals surface area contributed by atoms with Gasteiger partial charge in [-0.3, -0.25) is 4.79 Å². The monoisotopic (exact) mass is 258 g/mol. The molecule has 4 heteroatoms. The number of ether oxygens (including phenoxy) is 1. The number of rotatable bonds is 3. The van der Waals surface area contributed by atoms with Crippen LogP contribution in [0.5, 0.6) is 0 Å². The molecule has 2 N–H and O–H groups in total. The van der Waals surface area contributed by atoms with Crippen molar-refractivity contribution in [2.45, 2.75) is 31.4 Å². The molecule has 100 valence electrons. The van der Waals surface area contributed by atoms with Gasteiger partial charge >= 0.3 is 0 Å². The Hall–Kier alpha value is -1.81. The summed E-state index contributed by atoms with van der Waals surface area (Å²) in [5.41, 5.74) is 1.75. The molecule has 1 aromatic heterocycles. The van der Waals surface area contributed by atoms with E-state index >= 15 is 0 Å². The van der Waals surface area contributed by atoms with Crippen LogP contribution in [0.4, 0.5) is 0 Å². The van der Waals surface area contributed by atoms with Crippen molar-refractivity contribution in [3.8, 4) is 0 Å². The number of hydrogen-bond donors (Lipinski definition) is 2. The number of nitrogens with one attached hydrogen (secondary N) is 2. The highest BCUT2D eigenvalue weighted by molar-refractivity contribution is 5.98. The molecule has 2 aromatic rings. The smallest absolute Gasteiger partial charge is 0.251 e. The maximum atomic E-state index is 12.3. The zero-order valence-electron chi connectivity index (χ0n) is 11.0. The molecule has 0 saturated heterocycles. The summed E-state index contributed by atoms with van der Waals surface area (Å²) in [7, 11) is 1.71. The number of H-pyrrole nitrogens is 1. The van der Waals surface area contributed by atoms with E-state index in [1.807, 2.05) is 30.5 Å². The van der Waals surface area contributed by atoms with Crippen LogP contribution in [-0.2, 0) is 4.74 Å². The SMILES string of the molecule is COC1CCCC1NC(=O)c1ccc2[nH]ccc2c1. The molecule has 1 saturated carbocycles. The molecule has 1 amide bonds. The molecule has 1 heterocycles. The zero-order chi connectivity index (χ0) is 13.2. The zero-order valence-corrected chi connectivity index (χ0v) is 11.0. The molecule has 0 radical (unpaired) electrons. The second-order valence-corrected chi connectivity index (χ2v) is 5.06. The van der Waals surface area contributed by atoms with Gasteiger partial charge in [0.05, 0.1) is 12.1 Å². The largest absolute Gasteiger partial charge is 0.379 e. The Balaban J connectivity index is 1.76. The Morgan fingerprint density at radius 2 is 2.26 bits per heavy atom. The Bertz CT molecular complexity index is 591. The average Bonchev–Trinajstić information content (AvgIpc) is 3.05. The highest BCUT2D eigenvalue weighted by Gasteiger charge is 2.28. The minimum Gasteiger partial charge on any atom is -0.379 e. The quantitative estimate of drug-likeness (QED) is 0.888. The Morgan fingerprint density at radius 3 is 3.11 bits per heavy atom. The van der Waals surface area contributed by atoms with E-state index in [9.17, 15) is 4.79 Å². The van der Waals surface area contributed by atoms with Gasteiger partial charge in [0.25, 0.3) is 5.91 Å². The second kappa shape index (κ2) is 5.05. The van der Waals surface area contributed by atoms with Crippen molar-refractivity contribution in [3.05, 3.63) is 36.0 Å². The molecule has 0 spiro atoms. The predicted molar refractivity (Wildman–Crippen MR) is 74.2 cm³/mol. The topological polar surface area (TPSA) is 54.1 Å². The second-order valence-electron chi connectivity index (χ2n) is 5.06. The first-order valence-corrected chi connectivity index (χ1v) is 6.69. The molecule has 4 nitrogen and oxygen atoms in total. The molecule has 0 bridgehead atoms. The molecule has 2 atom stereocenters. The van der Waals surface area contributed by atoms with Gasteiger partial charge in [0, 0.05) is 29.8 Å². The van der Waals surface area contributed by atoms with Gasteiger partial charge in [0.15, 0.2) is 0 Å². The van der Waals surface area contributed by atoms with Crippen molar-refractivity contribution in [1.29, 1.82) is 0 Å². The predicted octanol–water partition coefficient (Wildman–Crippen LogP) is 2.47. The third-order valence-electron chi connectivity index (χ3n) is 3.89. The summed E-state index contributed by atoms with van der Waals surface area (Å²) in [5.74, 6) is -0.0166. The summed E-state index contributed by atoms with van der Waals surface area (Å²) in [6.45, 7) is 0. The summed E-state index contributed by atoms with van der Waals surface area (Å²) >= 11 is 0. The van der Waals surface area contributed by atoms with E-state index in [0.717, 1.165) is 30.2 Å². The molecule has 1 aliphatic carbocycles. The summed E-state index contributed by atoms with van der Waals surface area (Å²) in [6.07, 6.45) is 5.17. The van der Waals surface area contributed by atoms with Gasteiger partial charge in [0.1, 0.15) is 0 Å². The third-order valence-corrected chi connectivity index (χ3v) is 3.89. The lowest BCUT2D eigenvalue weighted by atomic mass is 10.1. The molecule has 0 aliphatic heterocycles.